The van der Waals surface area contributed by atoms with Crippen molar-refractivity contribution in [2.75, 3.05) is 30.8 Å². The van der Waals surface area contributed by atoms with Crippen molar-refractivity contribution >= 4 is 27.5 Å². The summed E-state index contributed by atoms with van der Waals surface area (Å²) in [6.07, 6.45) is 0.970. The number of para-hydroxylation sites is 1. The standard InChI is InChI=1S/C19H20FNO6S/c1-13-6-4-5-7-16(13)21(28(3,24)25)11-19(23)27-12-17(22)14-8-9-18(26-2)15(20)10-14/h4-10H,11-12H2,1-3H3. The Morgan fingerprint density at radius 2 is 1.82 bits per heavy atom. The first-order valence-corrected chi connectivity index (χ1v) is 10.0. The minimum atomic E-state index is -3.76. The van der Waals surface area contributed by atoms with Gasteiger partial charge in [-0.2, -0.15) is 0 Å². The minimum absolute atomic E-state index is 0.00460. The third kappa shape index (κ3) is 5.29. The van der Waals surface area contributed by atoms with Gasteiger partial charge in [-0.05, 0) is 36.8 Å². The van der Waals surface area contributed by atoms with E-state index in [-0.39, 0.29) is 11.3 Å². The SMILES string of the molecule is COc1ccc(C(=O)COC(=O)CN(c2ccccc2C)S(C)(=O)=O)cc1F. The second-order valence-electron chi connectivity index (χ2n) is 5.99. The van der Waals surface area contributed by atoms with Crippen LogP contribution in [-0.4, -0.2) is 46.7 Å². The van der Waals surface area contributed by atoms with Crippen LogP contribution in [0.3, 0.4) is 0 Å². The number of ketones is 1. The van der Waals surface area contributed by atoms with Crippen LogP contribution in [0, 0.1) is 12.7 Å². The molecular weight excluding hydrogens is 389 g/mol. The molecular formula is C19H20FNO6S. The molecule has 0 fully saturated rings. The number of esters is 1. The van der Waals surface area contributed by atoms with Crippen molar-refractivity contribution in [2.45, 2.75) is 6.92 Å². The molecule has 0 unspecified atom stereocenters. The topological polar surface area (TPSA) is 90.0 Å². The highest BCUT2D eigenvalue weighted by Crippen LogP contribution is 2.22. The van der Waals surface area contributed by atoms with Crippen LogP contribution >= 0.6 is 0 Å². The fourth-order valence-corrected chi connectivity index (χ4v) is 3.36. The molecule has 0 aliphatic rings. The van der Waals surface area contributed by atoms with E-state index in [2.05, 4.69) is 0 Å². The van der Waals surface area contributed by atoms with E-state index < -0.39 is 40.7 Å². The van der Waals surface area contributed by atoms with Crippen LogP contribution in [0.4, 0.5) is 10.1 Å². The van der Waals surface area contributed by atoms with Crippen LogP contribution in [0.15, 0.2) is 42.5 Å². The van der Waals surface area contributed by atoms with Gasteiger partial charge in [-0.3, -0.25) is 13.9 Å². The molecule has 0 aromatic heterocycles. The van der Waals surface area contributed by atoms with Gasteiger partial charge in [-0.25, -0.2) is 12.8 Å². The highest BCUT2D eigenvalue weighted by atomic mass is 32.2. The number of sulfonamides is 1. The maximum absolute atomic E-state index is 13.7. The Balaban J connectivity index is 2.06. The molecule has 9 heteroatoms. The molecule has 2 aromatic carbocycles. The highest BCUT2D eigenvalue weighted by molar-refractivity contribution is 7.92. The summed E-state index contributed by atoms with van der Waals surface area (Å²) in [6, 6.07) is 10.3. The number of rotatable bonds is 8. The summed E-state index contributed by atoms with van der Waals surface area (Å²) < 4.78 is 48.4. The average molecular weight is 409 g/mol. The second-order valence-corrected chi connectivity index (χ2v) is 7.90. The number of benzene rings is 2. The number of carbonyl (C=O) groups is 2. The molecule has 0 saturated carbocycles. The smallest absolute Gasteiger partial charge is 0.327 e. The number of hydrogen-bond acceptors (Lipinski definition) is 6. The third-order valence-electron chi connectivity index (χ3n) is 3.90. The molecule has 0 atom stereocenters. The molecule has 0 aliphatic heterocycles. The van der Waals surface area contributed by atoms with Crippen LogP contribution in [0.1, 0.15) is 15.9 Å². The molecule has 0 spiro atoms. The Kier molecular flexibility index (Phi) is 6.74. The Hall–Kier alpha value is -2.94. The van der Waals surface area contributed by atoms with E-state index in [0.29, 0.717) is 11.3 Å². The van der Waals surface area contributed by atoms with E-state index in [1.54, 1.807) is 31.2 Å². The van der Waals surface area contributed by atoms with Gasteiger partial charge >= 0.3 is 5.97 Å². The molecule has 0 N–H and O–H groups in total. The zero-order chi connectivity index (χ0) is 20.9. The van der Waals surface area contributed by atoms with Gasteiger partial charge in [0.15, 0.2) is 24.0 Å². The number of carbonyl (C=O) groups excluding carboxylic acids is 2. The van der Waals surface area contributed by atoms with Crippen LogP contribution in [-0.2, 0) is 19.6 Å². The Labute approximate surface area is 162 Å². The molecule has 2 aromatic rings. The van der Waals surface area contributed by atoms with E-state index in [1.165, 1.54) is 19.2 Å². The van der Waals surface area contributed by atoms with Crippen molar-refractivity contribution in [3.05, 3.63) is 59.4 Å². The predicted molar refractivity (Wildman–Crippen MR) is 102 cm³/mol. The first-order chi connectivity index (χ1) is 13.1. The van der Waals surface area contributed by atoms with Crippen LogP contribution < -0.4 is 9.04 Å². The highest BCUT2D eigenvalue weighted by Gasteiger charge is 2.23. The lowest BCUT2D eigenvalue weighted by Crippen LogP contribution is -2.36. The lowest BCUT2D eigenvalue weighted by molar-refractivity contribution is -0.140. The fourth-order valence-electron chi connectivity index (χ4n) is 2.46. The maximum Gasteiger partial charge on any atom is 0.327 e. The van der Waals surface area contributed by atoms with Gasteiger partial charge in [-0.1, -0.05) is 18.2 Å². The molecule has 0 heterocycles. The van der Waals surface area contributed by atoms with E-state index in [0.717, 1.165) is 16.6 Å². The summed E-state index contributed by atoms with van der Waals surface area (Å²) in [4.78, 5) is 24.2. The first kappa shape index (κ1) is 21.4. The van der Waals surface area contributed by atoms with Crippen molar-refractivity contribution in [2.24, 2.45) is 0 Å². The minimum Gasteiger partial charge on any atom is -0.494 e. The first-order valence-electron chi connectivity index (χ1n) is 8.19. The third-order valence-corrected chi connectivity index (χ3v) is 5.02. The van der Waals surface area contributed by atoms with Gasteiger partial charge in [0.05, 0.1) is 19.1 Å². The van der Waals surface area contributed by atoms with Crippen molar-refractivity contribution in [1.82, 2.24) is 0 Å². The molecule has 28 heavy (non-hydrogen) atoms. The van der Waals surface area contributed by atoms with Crippen molar-refractivity contribution in [1.29, 1.82) is 0 Å². The summed E-state index contributed by atoms with van der Waals surface area (Å²) in [5.74, 6) is -2.27. The molecule has 7 nitrogen and oxygen atoms in total. The van der Waals surface area contributed by atoms with Crippen LogP contribution in [0.5, 0.6) is 5.75 Å². The number of nitrogens with zero attached hydrogens (tertiary/aromatic N) is 1. The number of anilines is 1. The summed E-state index contributed by atoms with van der Waals surface area (Å²) in [5.41, 5.74) is 1.00. The maximum atomic E-state index is 13.7. The lowest BCUT2D eigenvalue weighted by atomic mass is 10.1. The molecule has 2 rings (SSSR count). The van der Waals surface area contributed by atoms with Crippen molar-refractivity contribution in [3.63, 3.8) is 0 Å². The largest absolute Gasteiger partial charge is 0.494 e. The van der Waals surface area contributed by atoms with E-state index in [1.807, 2.05) is 0 Å². The fraction of sp³-hybridized carbons (Fsp3) is 0.263. The molecule has 0 bridgehead atoms. The molecule has 0 saturated heterocycles. The summed E-state index contributed by atoms with van der Waals surface area (Å²) in [6.45, 7) is 0.477. The molecule has 0 aliphatic carbocycles. The van der Waals surface area contributed by atoms with Gasteiger partial charge in [0.1, 0.15) is 6.54 Å². The Morgan fingerprint density at radius 3 is 2.39 bits per heavy atom. The number of methoxy groups -OCH3 is 1. The zero-order valence-corrected chi connectivity index (χ0v) is 16.5. The lowest BCUT2D eigenvalue weighted by Gasteiger charge is -2.23. The quantitative estimate of drug-likeness (QED) is 0.491. The number of hydrogen-bond donors (Lipinski definition) is 0. The number of halogens is 1. The van der Waals surface area contributed by atoms with Gasteiger partial charge in [-0.15, -0.1) is 0 Å². The average Bonchev–Trinajstić information content (AvgIpc) is 2.64. The Bertz CT molecular complexity index is 990. The van der Waals surface area contributed by atoms with E-state index in [4.69, 9.17) is 9.47 Å². The molecule has 150 valence electrons. The van der Waals surface area contributed by atoms with E-state index >= 15 is 0 Å². The van der Waals surface area contributed by atoms with Crippen molar-refractivity contribution in [3.8, 4) is 5.75 Å². The van der Waals surface area contributed by atoms with Crippen LogP contribution in [0.25, 0.3) is 0 Å². The van der Waals surface area contributed by atoms with E-state index in [9.17, 15) is 22.4 Å². The van der Waals surface area contributed by atoms with Gasteiger partial charge in [0.2, 0.25) is 10.0 Å². The van der Waals surface area contributed by atoms with Gasteiger partial charge < -0.3 is 9.47 Å². The summed E-state index contributed by atoms with van der Waals surface area (Å²) in [5, 5.41) is 0. The van der Waals surface area contributed by atoms with Crippen LogP contribution in [0.2, 0.25) is 0 Å². The molecule has 0 amide bonds. The summed E-state index contributed by atoms with van der Waals surface area (Å²) in [7, 11) is -2.46. The number of ether oxygens (including phenoxy) is 2. The number of Topliss-reactive ketones (excluding diaryl/α,β-unsaturated/α-hetero) is 1. The van der Waals surface area contributed by atoms with Gasteiger partial charge in [0, 0.05) is 5.56 Å². The summed E-state index contributed by atoms with van der Waals surface area (Å²) >= 11 is 0. The van der Waals surface area contributed by atoms with Gasteiger partial charge in [0.25, 0.3) is 0 Å². The molecule has 0 radical (unpaired) electrons. The van der Waals surface area contributed by atoms with Crippen molar-refractivity contribution < 1.29 is 31.9 Å². The zero-order valence-electron chi connectivity index (χ0n) is 15.6. The number of aryl methyl sites for hydroxylation is 1. The predicted octanol–water partition coefficient (Wildman–Crippen LogP) is 2.33. The monoisotopic (exact) mass is 409 g/mol. The second kappa shape index (κ2) is 8.83. The Morgan fingerprint density at radius 1 is 1.14 bits per heavy atom. The normalized spacial score (nSPS) is 11.0.